The highest BCUT2D eigenvalue weighted by molar-refractivity contribution is 4.88. The van der Waals surface area contributed by atoms with Gasteiger partial charge in [-0.3, -0.25) is 4.90 Å². The molecule has 2 aliphatic rings. The molecule has 2 nitrogen and oxygen atoms in total. The zero-order valence-electron chi connectivity index (χ0n) is 8.71. The fourth-order valence-electron chi connectivity index (χ4n) is 2.63. The highest BCUT2D eigenvalue weighted by Crippen LogP contribution is 2.29. The van der Waals surface area contributed by atoms with Crippen molar-refractivity contribution in [2.75, 3.05) is 13.1 Å². The summed E-state index contributed by atoms with van der Waals surface area (Å²) < 4.78 is 0. The molecule has 2 rings (SSSR count). The predicted octanol–water partition coefficient (Wildman–Crippen LogP) is 1.60. The Kier molecular flexibility index (Phi) is 2.89. The Morgan fingerprint density at radius 1 is 1.15 bits per heavy atom. The molecular weight excluding hydrogens is 160 g/mol. The molecule has 0 spiro atoms. The van der Waals surface area contributed by atoms with Crippen molar-refractivity contribution in [3.8, 4) is 0 Å². The first kappa shape index (κ1) is 9.47. The van der Waals surface area contributed by atoms with Gasteiger partial charge in [-0.1, -0.05) is 13.3 Å². The summed E-state index contributed by atoms with van der Waals surface area (Å²) in [6.07, 6.45) is 6.55. The molecule has 1 saturated heterocycles. The van der Waals surface area contributed by atoms with Gasteiger partial charge >= 0.3 is 0 Å². The van der Waals surface area contributed by atoms with Crippen LogP contribution >= 0.6 is 0 Å². The fourth-order valence-corrected chi connectivity index (χ4v) is 2.63. The van der Waals surface area contributed by atoms with Gasteiger partial charge in [-0.25, -0.2) is 0 Å². The van der Waals surface area contributed by atoms with E-state index in [1.807, 2.05) is 0 Å². The van der Waals surface area contributed by atoms with Gasteiger partial charge in [0.05, 0.1) is 0 Å². The van der Waals surface area contributed by atoms with Crippen molar-refractivity contribution in [3.63, 3.8) is 0 Å². The summed E-state index contributed by atoms with van der Waals surface area (Å²) in [6.45, 7) is 5.02. The van der Waals surface area contributed by atoms with E-state index in [2.05, 4.69) is 11.8 Å². The SMILES string of the molecule is CCC1CN(C2CCC(N)CC2)C1. The molecule has 13 heavy (non-hydrogen) atoms. The molecule has 0 radical (unpaired) electrons. The quantitative estimate of drug-likeness (QED) is 0.703. The van der Waals surface area contributed by atoms with Crippen LogP contribution in [0.5, 0.6) is 0 Å². The van der Waals surface area contributed by atoms with Crippen LogP contribution < -0.4 is 5.73 Å². The molecular formula is C11H22N2. The Balaban J connectivity index is 1.71. The van der Waals surface area contributed by atoms with Gasteiger partial charge < -0.3 is 5.73 Å². The Morgan fingerprint density at radius 3 is 2.31 bits per heavy atom. The lowest BCUT2D eigenvalue weighted by Crippen LogP contribution is -2.53. The lowest BCUT2D eigenvalue weighted by atomic mass is 9.86. The van der Waals surface area contributed by atoms with E-state index in [1.54, 1.807) is 0 Å². The van der Waals surface area contributed by atoms with Crippen molar-refractivity contribution < 1.29 is 0 Å². The van der Waals surface area contributed by atoms with E-state index in [9.17, 15) is 0 Å². The number of hydrogen-bond acceptors (Lipinski definition) is 2. The molecule has 0 aromatic carbocycles. The van der Waals surface area contributed by atoms with Gasteiger partial charge in [0.15, 0.2) is 0 Å². The topological polar surface area (TPSA) is 29.3 Å². The molecule has 1 heterocycles. The van der Waals surface area contributed by atoms with Crippen molar-refractivity contribution in [1.82, 2.24) is 4.90 Å². The van der Waals surface area contributed by atoms with Crippen LogP contribution in [0.25, 0.3) is 0 Å². The standard InChI is InChI=1S/C11H22N2/c1-2-9-7-13(8-9)11-5-3-10(12)4-6-11/h9-11H,2-8,12H2,1H3. The van der Waals surface area contributed by atoms with Gasteiger partial charge in [-0.05, 0) is 31.6 Å². The number of rotatable bonds is 2. The van der Waals surface area contributed by atoms with E-state index >= 15 is 0 Å². The minimum atomic E-state index is 0.500. The Bertz CT molecular complexity index is 155. The molecule has 76 valence electrons. The molecule has 0 bridgehead atoms. The summed E-state index contributed by atoms with van der Waals surface area (Å²) >= 11 is 0. The molecule has 0 aromatic rings. The van der Waals surface area contributed by atoms with Gasteiger partial charge in [0.2, 0.25) is 0 Å². The minimum Gasteiger partial charge on any atom is -0.328 e. The van der Waals surface area contributed by atoms with Crippen LogP contribution in [-0.4, -0.2) is 30.1 Å². The minimum absolute atomic E-state index is 0.500. The molecule has 1 aliphatic carbocycles. The third-order valence-electron chi connectivity index (χ3n) is 3.82. The number of hydrogen-bond donors (Lipinski definition) is 1. The summed E-state index contributed by atoms with van der Waals surface area (Å²) in [5.74, 6) is 0.996. The molecule has 1 saturated carbocycles. The summed E-state index contributed by atoms with van der Waals surface area (Å²) in [7, 11) is 0. The maximum atomic E-state index is 5.89. The van der Waals surface area contributed by atoms with Crippen LogP contribution in [0.1, 0.15) is 39.0 Å². The van der Waals surface area contributed by atoms with E-state index < -0.39 is 0 Å². The van der Waals surface area contributed by atoms with Crippen LogP contribution in [0.3, 0.4) is 0 Å². The average molecular weight is 182 g/mol. The highest BCUT2D eigenvalue weighted by Gasteiger charge is 2.32. The van der Waals surface area contributed by atoms with Gasteiger partial charge in [0.1, 0.15) is 0 Å². The van der Waals surface area contributed by atoms with Crippen LogP contribution in [0.15, 0.2) is 0 Å². The smallest absolute Gasteiger partial charge is 0.00966 e. The molecule has 2 N–H and O–H groups in total. The maximum Gasteiger partial charge on any atom is 0.00966 e. The molecule has 0 aromatic heterocycles. The van der Waals surface area contributed by atoms with Crippen LogP contribution in [0.4, 0.5) is 0 Å². The monoisotopic (exact) mass is 182 g/mol. The number of nitrogens with two attached hydrogens (primary N) is 1. The molecule has 2 heteroatoms. The van der Waals surface area contributed by atoms with Crippen LogP contribution in [0.2, 0.25) is 0 Å². The molecule has 2 fully saturated rings. The lowest BCUT2D eigenvalue weighted by molar-refractivity contribution is 0.0314. The van der Waals surface area contributed by atoms with E-state index in [1.165, 1.54) is 45.2 Å². The lowest BCUT2D eigenvalue weighted by Gasteiger charge is -2.46. The van der Waals surface area contributed by atoms with Gasteiger partial charge in [0, 0.05) is 25.2 Å². The second-order valence-corrected chi connectivity index (χ2v) is 4.80. The van der Waals surface area contributed by atoms with Crippen LogP contribution in [0, 0.1) is 5.92 Å². The fraction of sp³-hybridized carbons (Fsp3) is 1.00. The van der Waals surface area contributed by atoms with Crippen molar-refractivity contribution in [3.05, 3.63) is 0 Å². The highest BCUT2D eigenvalue weighted by atomic mass is 15.2. The molecule has 0 amide bonds. The normalized spacial score (nSPS) is 37.4. The van der Waals surface area contributed by atoms with Crippen molar-refractivity contribution in [1.29, 1.82) is 0 Å². The largest absolute Gasteiger partial charge is 0.328 e. The first-order valence-corrected chi connectivity index (χ1v) is 5.79. The van der Waals surface area contributed by atoms with Crippen molar-refractivity contribution in [2.24, 2.45) is 11.7 Å². The third-order valence-corrected chi connectivity index (χ3v) is 3.82. The van der Waals surface area contributed by atoms with Crippen molar-refractivity contribution >= 4 is 0 Å². The van der Waals surface area contributed by atoms with Gasteiger partial charge in [-0.15, -0.1) is 0 Å². The van der Waals surface area contributed by atoms with E-state index in [4.69, 9.17) is 5.73 Å². The van der Waals surface area contributed by atoms with Gasteiger partial charge in [-0.2, -0.15) is 0 Å². The number of likely N-dealkylation sites (tertiary alicyclic amines) is 1. The zero-order valence-corrected chi connectivity index (χ0v) is 8.71. The zero-order chi connectivity index (χ0) is 9.26. The number of nitrogens with zero attached hydrogens (tertiary/aromatic N) is 1. The summed E-state index contributed by atoms with van der Waals surface area (Å²) in [5.41, 5.74) is 5.89. The Morgan fingerprint density at radius 2 is 1.77 bits per heavy atom. The van der Waals surface area contributed by atoms with Gasteiger partial charge in [0.25, 0.3) is 0 Å². The second-order valence-electron chi connectivity index (χ2n) is 4.80. The second kappa shape index (κ2) is 3.97. The van der Waals surface area contributed by atoms with E-state index in [0.717, 1.165) is 12.0 Å². The van der Waals surface area contributed by atoms with E-state index in [-0.39, 0.29) is 0 Å². The first-order valence-electron chi connectivity index (χ1n) is 5.79. The summed E-state index contributed by atoms with van der Waals surface area (Å²) in [6, 6.07) is 1.38. The first-order chi connectivity index (χ1) is 6.29. The predicted molar refractivity (Wildman–Crippen MR) is 55.6 cm³/mol. The third kappa shape index (κ3) is 2.05. The Labute approximate surface area is 81.5 Å². The van der Waals surface area contributed by atoms with Crippen molar-refractivity contribution in [2.45, 2.75) is 51.1 Å². The summed E-state index contributed by atoms with van der Waals surface area (Å²) in [5, 5.41) is 0. The van der Waals surface area contributed by atoms with Crippen LogP contribution in [-0.2, 0) is 0 Å². The summed E-state index contributed by atoms with van der Waals surface area (Å²) in [4.78, 5) is 2.67. The molecule has 0 unspecified atom stereocenters. The maximum absolute atomic E-state index is 5.89. The molecule has 0 atom stereocenters. The molecule has 1 aliphatic heterocycles. The Hall–Kier alpha value is -0.0800. The van der Waals surface area contributed by atoms with E-state index in [0.29, 0.717) is 6.04 Å². The average Bonchev–Trinajstić information content (AvgIpc) is 2.06.